The summed E-state index contributed by atoms with van der Waals surface area (Å²) in [6.45, 7) is 3.70. The normalized spacial score (nSPS) is 22.0. The Labute approximate surface area is 141 Å². The van der Waals surface area contributed by atoms with E-state index >= 15 is 0 Å². The first-order valence-electron chi connectivity index (χ1n) is 7.62. The minimum absolute atomic E-state index is 0.0897. The summed E-state index contributed by atoms with van der Waals surface area (Å²) in [6, 6.07) is 0.241. The van der Waals surface area contributed by atoms with Crippen molar-refractivity contribution in [2.24, 2.45) is 5.92 Å². The topological polar surface area (TPSA) is 108 Å². The van der Waals surface area contributed by atoms with Gasteiger partial charge in [-0.15, -0.1) is 0 Å². The number of aliphatic carboxylic acids is 1. The molecule has 1 aliphatic rings. The predicted octanol–water partition coefficient (Wildman–Crippen LogP) is 1.16. The summed E-state index contributed by atoms with van der Waals surface area (Å²) in [6.07, 6.45) is 1.06. The third-order valence-corrected chi connectivity index (χ3v) is 6.17. The Kier molecular flexibility index (Phi) is 5.05. The lowest BCUT2D eigenvalue weighted by Crippen LogP contribution is -2.49. The van der Waals surface area contributed by atoms with Gasteiger partial charge < -0.3 is 14.4 Å². The van der Waals surface area contributed by atoms with Gasteiger partial charge in [0.1, 0.15) is 16.7 Å². The summed E-state index contributed by atoms with van der Waals surface area (Å²) in [5.74, 6) is -1.52. The van der Waals surface area contributed by atoms with E-state index in [1.807, 2.05) is 6.92 Å². The van der Waals surface area contributed by atoms with E-state index in [9.17, 15) is 23.1 Å². The summed E-state index contributed by atoms with van der Waals surface area (Å²) in [5.41, 5.74) is 0. The largest absolute Gasteiger partial charge is 0.480 e. The highest BCUT2D eigenvalue weighted by Gasteiger charge is 2.37. The molecule has 1 fully saturated rings. The molecular weight excluding hydrogens is 336 g/mol. The Bertz CT molecular complexity index is 752. The van der Waals surface area contributed by atoms with Crippen LogP contribution in [0.5, 0.6) is 0 Å². The van der Waals surface area contributed by atoms with Crippen molar-refractivity contribution in [3.8, 4) is 0 Å². The maximum absolute atomic E-state index is 12.6. The number of carbonyl (C=O) groups is 2. The number of sulfonamides is 1. The van der Waals surface area contributed by atoms with Crippen molar-refractivity contribution in [3.05, 3.63) is 17.6 Å². The fourth-order valence-corrected chi connectivity index (χ4v) is 3.84. The van der Waals surface area contributed by atoms with Crippen LogP contribution in [0.4, 0.5) is 0 Å². The summed E-state index contributed by atoms with van der Waals surface area (Å²) in [4.78, 5) is 25.2. The molecule has 0 spiro atoms. The predicted molar refractivity (Wildman–Crippen MR) is 85.2 cm³/mol. The van der Waals surface area contributed by atoms with Gasteiger partial charge in [-0.05, 0) is 25.7 Å². The molecule has 9 heteroatoms. The third-order valence-electron chi connectivity index (χ3n) is 4.25. The van der Waals surface area contributed by atoms with Gasteiger partial charge in [-0.3, -0.25) is 4.79 Å². The van der Waals surface area contributed by atoms with E-state index in [0.717, 1.165) is 4.31 Å². The number of nitrogens with zero attached hydrogens (tertiary/aromatic N) is 2. The van der Waals surface area contributed by atoms with E-state index in [0.29, 0.717) is 19.4 Å². The average molecular weight is 358 g/mol. The highest BCUT2D eigenvalue weighted by molar-refractivity contribution is 7.89. The second-order valence-electron chi connectivity index (χ2n) is 6.30. The van der Waals surface area contributed by atoms with Gasteiger partial charge in [0.05, 0.1) is 0 Å². The number of likely N-dealkylation sites (tertiary alicyclic amines) is 1. The molecule has 2 atom stereocenters. The van der Waals surface area contributed by atoms with E-state index in [2.05, 4.69) is 0 Å². The molecule has 1 aliphatic heterocycles. The van der Waals surface area contributed by atoms with E-state index < -0.39 is 27.9 Å². The molecule has 0 radical (unpaired) electrons. The molecule has 2 rings (SSSR count). The third kappa shape index (κ3) is 3.32. The number of furan rings is 1. The summed E-state index contributed by atoms with van der Waals surface area (Å²) >= 11 is 0. The first-order valence-corrected chi connectivity index (χ1v) is 9.06. The second-order valence-corrected chi connectivity index (χ2v) is 8.42. The molecule has 8 nitrogen and oxygen atoms in total. The van der Waals surface area contributed by atoms with Crippen LogP contribution in [0.1, 0.15) is 36.1 Å². The van der Waals surface area contributed by atoms with E-state index in [4.69, 9.17) is 4.42 Å². The fraction of sp³-hybridized carbons (Fsp3) is 0.600. The van der Waals surface area contributed by atoms with Crippen molar-refractivity contribution in [2.45, 2.75) is 37.6 Å². The quantitative estimate of drug-likeness (QED) is 0.865. The molecule has 1 amide bonds. The van der Waals surface area contributed by atoms with E-state index in [1.54, 1.807) is 0 Å². The minimum atomic E-state index is -3.74. The molecule has 0 aromatic carbocycles. The van der Waals surface area contributed by atoms with Crippen LogP contribution < -0.4 is 0 Å². The van der Waals surface area contributed by atoms with Gasteiger partial charge in [0.2, 0.25) is 10.0 Å². The van der Waals surface area contributed by atoms with Gasteiger partial charge in [0.15, 0.2) is 5.76 Å². The van der Waals surface area contributed by atoms with Crippen molar-refractivity contribution >= 4 is 21.9 Å². The summed E-state index contributed by atoms with van der Waals surface area (Å²) in [5, 5.41) is 9.36. The van der Waals surface area contributed by atoms with Crippen LogP contribution in [0.25, 0.3) is 0 Å². The molecule has 0 aliphatic carbocycles. The second kappa shape index (κ2) is 6.56. The molecule has 2 heterocycles. The maximum atomic E-state index is 12.6. The summed E-state index contributed by atoms with van der Waals surface area (Å²) in [7, 11) is -0.968. The van der Waals surface area contributed by atoms with Gasteiger partial charge in [-0.2, -0.15) is 0 Å². The molecular formula is C15H22N2O6S. The zero-order valence-electron chi connectivity index (χ0n) is 14.1. The SMILES string of the molecule is Cc1oc(C(=O)N2CCC(C)CC2C(=O)O)cc1S(=O)(=O)N(C)C. The average Bonchev–Trinajstić information content (AvgIpc) is 2.88. The maximum Gasteiger partial charge on any atom is 0.326 e. The molecule has 1 aromatic heterocycles. The Morgan fingerprint density at radius 2 is 2.00 bits per heavy atom. The number of hydrogen-bond donors (Lipinski definition) is 1. The smallest absolute Gasteiger partial charge is 0.326 e. The van der Waals surface area contributed by atoms with Crippen LogP contribution in [0.15, 0.2) is 15.4 Å². The number of carboxylic acids is 1. The standard InChI is InChI=1S/C15H22N2O6S/c1-9-5-6-17(11(7-9)15(19)20)14(18)12-8-13(10(2)23-12)24(21,22)16(3)4/h8-9,11H,5-7H2,1-4H3,(H,19,20). The van der Waals surface area contributed by atoms with Gasteiger partial charge in [0, 0.05) is 26.7 Å². The molecule has 1 aromatic rings. The van der Waals surface area contributed by atoms with Gasteiger partial charge in [-0.25, -0.2) is 17.5 Å². The fourth-order valence-electron chi connectivity index (χ4n) is 2.78. The first kappa shape index (κ1) is 18.5. The van der Waals surface area contributed by atoms with E-state index in [-0.39, 0.29) is 22.3 Å². The first-order chi connectivity index (χ1) is 11.1. The van der Waals surface area contributed by atoms with Crippen molar-refractivity contribution in [2.75, 3.05) is 20.6 Å². The molecule has 2 unspecified atom stereocenters. The lowest BCUT2D eigenvalue weighted by molar-refractivity contribution is -0.144. The summed E-state index contributed by atoms with van der Waals surface area (Å²) < 4.78 is 30.8. The van der Waals surface area contributed by atoms with Gasteiger partial charge >= 0.3 is 5.97 Å². The highest BCUT2D eigenvalue weighted by Crippen LogP contribution is 2.27. The van der Waals surface area contributed by atoms with E-state index in [1.165, 1.54) is 32.0 Å². The monoisotopic (exact) mass is 358 g/mol. The molecule has 1 N–H and O–H groups in total. The molecule has 134 valence electrons. The highest BCUT2D eigenvalue weighted by atomic mass is 32.2. The number of carbonyl (C=O) groups excluding carboxylic acids is 1. The zero-order valence-corrected chi connectivity index (χ0v) is 15.0. The van der Waals surface area contributed by atoms with Gasteiger partial charge in [0.25, 0.3) is 5.91 Å². The molecule has 1 saturated heterocycles. The van der Waals surface area contributed by atoms with Crippen molar-refractivity contribution in [1.82, 2.24) is 9.21 Å². The van der Waals surface area contributed by atoms with Crippen LogP contribution in [-0.4, -0.2) is 61.3 Å². The number of aryl methyl sites for hydroxylation is 1. The lowest BCUT2D eigenvalue weighted by Gasteiger charge is -2.35. The zero-order chi connectivity index (χ0) is 18.2. The van der Waals surface area contributed by atoms with Crippen LogP contribution in [0.2, 0.25) is 0 Å². The van der Waals surface area contributed by atoms with Gasteiger partial charge in [-0.1, -0.05) is 6.92 Å². The Hall–Kier alpha value is -1.87. The number of piperidine rings is 1. The van der Waals surface area contributed by atoms with Crippen LogP contribution in [0, 0.1) is 12.8 Å². The van der Waals surface area contributed by atoms with Crippen molar-refractivity contribution in [1.29, 1.82) is 0 Å². The van der Waals surface area contributed by atoms with Crippen LogP contribution in [-0.2, 0) is 14.8 Å². The Morgan fingerprint density at radius 3 is 2.54 bits per heavy atom. The molecule has 0 bridgehead atoms. The number of amides is 1. The number of rotatable bonds is 4. The number of hydrogen-bond acceptors (Lipinski definition) is 5. The molecule has 0 saturated carbocycles. The van der Waals surface area contributed by atoms with Crippen molar-refractivity contribution in [3.63, 3.8) is 0 Å². The van der Waals surface area contributed by atoms with Crippen LogP contribution in [0.3, 0.4) is 0 Å². The Balaban J connectivity index is 2.35. The lowest BCUT2D eigenvalue weighted by atomic mass is 9.92. The minimum Gasteiger partial charge on any atom is -0.480 e. The molecule has 24 heavy (non-hydrogen) atoms. The number of carboxylic acid groups (broad SMARTS) is 1. The Morgan fingerprint density at radius 1 is 1.38 bits per heavy atom. The van der Waals surface area contributed by atoms with Crippen LogP contribution >= 0.6 is 0 Å². The van der Waals surface area contributed by atoms with Crippen molar-refractivity contribution < 1.29 is 27.5 Å².